The van der Waals surface area contributed by atoms with Gasteiger partial charge in [0.15, 0.2) is 0 Å². The fourth-order valence-electron chi connectivity index (χ4n) is 2.67. The zero-order chi connectivity index (χ0) is 20.3. The van der Waals surface area contributed by atoms with E-state index < -0.39 is 17.6 Å². The summed E-state index contributed by atoms with van der Waals surface area (Å²) in [6.45, 7) is 1.06. The van der Waals surface area contributed by atoms with Crippen LogP contribution in [-0.4, -0.2) is 25.0 Å². The first-order valence-electron chi connectivity index (χ1n) is 8.25. The molecule has 1 aliphatic heterocycles. The van der Waals surface area contributed by atoms with Gasteiger partial charge in [0.25, 0.3) is 0 Å². The van der Waals surface area contributed by atoms with Crippen molar-refractivity contribution in [3.63, 3.8) is 0 Å². The third kappa shape index (κ3) is 4.64. The van der Waals surface area contributed by atoms with E-state index in [4.69, 9.17) is 11.6 Å². The average molecular weight is 410 g/mol. The first-order valence-corrected chi connectivity index (χ1v) is 8.63. The molecule has 2 aromatic carbocycles. The van der Waals surface area contributed by atoms with Crippen LogP contribution in [0.2, 0.25) is 5.02 Å². The highest BCUT2D eigenvalue weighted by molar-refractivity contribution is 6.32. The molecule has 3 rings (SSSR count). The zero-order valence-corrected chi connectivity index (χ0v) is 15.1. The molecule has 3 amide bonds. The van der Waals surface area contributed by atoms with E-state index in [1.807, 2.05) is 0 Å². The fourth-order valence-corrected chi connectivity index (χ4v) is 2.85. The van der Waals surface area contributed by atoms with E-state index in [1.165, 1.54) is 11.0 Å². The number of nitrogens with one attached hydrogen (secondary N) is 2. The number of carbonyl (C=O) groups excluding carboxylic acids is 2. The Morgan fingerprint density at radius 1 is 1.21 bits per heavy atom. The van der Waals surface area contributed by atoms with Crippen LogP contribution in [0.25, 0.3) is 6.08 Å². The van der Waals surface area contributed by atoms with Gasteiger partial charge in [0.05, 0.1) is 5.56 Å². The lowest BCUT2D eigenvalue weighted by atomic mass is 10.1. The summed E-state index contributed by atoms with van der Waals surface area (Å²) in [7, 11) is 0. The van der Waals surface area contributed by atoms with Gasteiger partial charge in [-0.2, -0.15) is 13.2 Å². The molecule has 1 fully saturated rings. The van der Waals surface area contributed by atoms with Crippen LogP contribution in [0.4, 0.5) is 29.3 Å². The highest BCUT2D eigenvalue weighted by atomic mass is 35.5. The van der Waals surface area contributed by atoms with Crippen molar-refractivity contribution in [1.82, 2.24) is 5.32 Å². The van der Waals surface area contributed by atoms with Gasteiger partial charge in [0.2, 0.25) is 5.91 Å². The summed E-state index contributed by atoms with van der Waals surface area (Å²) in [5, 5.41) is 5.39. The lowest BCUT2D eigenvalue weighted by molar-refractivity contribution is -0.137. The van der Waals surface area contributed by atoms with Crippen molar-refractivity contribution in [3.05, 3.63) is 64.7 Å². The molecule has 0 aliphatic carbocycles. The Morgan fingerprint density at radius 2 is 2.00 bits per heavy atom. The third-order valence-electron chi connectivity index (χ3n) is 4.02. The van der Waals surface area contributed by atoms with Gasteiger partial charge >= 0.3 is 12.2 Å². The summed E-state index contributed by atoms with van der Waals surface area (Å²) >= 11 is 5.90. The first kappa shape index (κ1) is 19.8. The summed E-state index contributed by atoms with van der Waals surface area (Å²) < 4.78 is 38.4. The SMILES string of the molecule is O=C(C=Cc1cc(C(F)(F)F)ccc1Cl)Nc1cccc(N2CCNC2=O)c1. The van der Waals surface area contributed by atoms with Crippen molar-refractivity contribution in [1.29, 1.82) is 0 Å². The number of rotatable bonds is 4. The van der Waals surface area contributed by atoms with Gasteiger partial charge in [0.1, 0.15) is 0 Å². The van der Waals surface area contributed by atoms with Crippen LogP contribution in [0.1, 0.15) is 11.1 Å². The number of hydrogen-bond acceptors (Lipinski definition) is 2. The highest BCUT2D eigenvalue weighted by Crippen LogP contribution is 2.32. The monoisotopic (exact) mass is 409 g/mol. The normalized spacial score (nSPS) is 14.4. The second kappa shape index (κ2) is 7.93. The molecule has 1 aliphatic rings. The minimum atomic E-state index is -4.50. The van der Waals surface area contributed by atoms with Crippen LogP contribution in [0.3, 0.4) is 0 Å². The third-order valence-corrected chi connectivity index (χ3v) is 4.36. The van der Waals surface area contributed by atoms with Crippen molar-refractivity contribution in [2.75, 3.05) is 23.3 Å². The van der Waals surface area contributed by atoms with Gasteiger partial charge in [-0.3, -0.25) is 9.69 Å². The maximum Gasteiger partial charge on any atom is 0.416 e. The Kier molecular flexibility index (Phi) is 5.60. The van der Waals surface area contributed by atoms with E-state index in [1.54, 1.807) is 24.3 Å². The molecule has 0 unspecified atom stereocenters. The number of halogens is 4. The molecule has 0 aromatic heterocycles. The largest absolute Gasteiger partial charge is 0.416 e. The number of benzene rings is 2. The van der Waals surface area contributed by atoms with E-state index in [0.717, 1.165) is 24.3 Å². The molecule has 0 saturated carbocycles. The first-order chi connectivity index (χ1) is 13.2. The van der Waals surface area contributed by atoms with E-state index in [2.05, 4.69) is 10.6 Å². The van der Waals surface area contributed by atoms with Crippen LogP contribution in [0.5, 0.6) is 0 Å². The Morgan fingerprint density at radius 3 is 2.68 bits per heavy atom. The number of alkyl halides is 3. The summed E-state index contributed by atoms with van der Waals surface area (Å²) in [5.74, 6) is -0.545. The van der Waals surface area contributed by atoms with Crippen molar-refractivity contribution in [2.45, 2.75) is 6.18 Å². The zero-order valence-electron chi connectivity index (χ0n) is 14.4. The predicted molar refractivity (Wildman–Crippen MR) is 101 cm³/mol. The van der Waals surface area contributed by atoms with Gasteiger partial charge in [0, 0.05) is 35.6 Å². The molecule has 0 radical (unpaired) electrons. The predicted octanol–water partition coefficient (Wildman–Crippen LogP) is 4.54. The molecular weight excluding hydrogens is 395 g/mol. The molecular formula is C19H15ClF3N3O2. The standard InChI is InChI=1S/C19H15ClF3N3O2/c20-16-6-5-13(19(21,22)23)10-12(16)4-7-17(27)25-14-2-1-3-15(11-14)26-9-8-24-18(26)28/h1-7,10-11H,8-9H2,(H,24,28)(H,25,27). The van der Waals surface area contributed by atoms with Gasteiger partial charge < -0.3 is 10.6 Å². The Balaban J connectivity index is 1.72. The maximum absolute atomic E-state index is 12.8. The topological polar surface area (TPSA) is 61.4 Å². The molecule has 146 valence electrons. The van der Waals surface area contributed by atoms with E-state index in [0.29, 0.717) is 24.5 Å². The van der Waals surface area contributed by atoms with Gasteiger partial charge in [-0.1, -0.05) is 17.7 Å². The van der Waals surface area contributed by atoms with Gasteiger partial charge in [-0.05, 0) is 48.0 Å². The number of amides is 3. The molecule has 0 spiro atoms. The Labute approximate surface area is 163 Å². The molecule has 2 aromatic rings. The van der Waals surface area contributed by atoms with Crippen LogP contribution in [-0.2, 0) is 11.0 Å². The molecule has 0 atom stereocenters. The molecule has 2 N–H and O–H groups in total. The molecule has 0 bridgehead atoms. The van der Waals surface area contributed by atoms with Gasteiger partial charge in [-0.15, -0.1) is 0 Å². The summed E-state index contributed by atoms with van der Waals surface area (Å²) in [5.41, 5.74) is 0.294. The quantitative estimate of drug-likeness (QED) is 0.728. The lowest BCUT2D eigenvalue weighted by Crippen LogP contribution is -2.27. The minimum Gasteiger partial charge on any atom is -0.336 e. The van der Waals surface area contributed by atoms with Crippen LogP contribution in [0, 0.1) is 0 Å². The number of hydrogen-bond donors (Lipinski definition) is 2. The van der Waals surface area contributed by atoms with Crippen LogP contribution >= 0.6 is 11.6 Å². The second-order valence-corrected chi connectivity index (χ2v) is 6.40. The molecule has 5 nitrogen and oxygen atoms in total. The van der Waals surface area contributed by atoms with Crippen LogP contribution < -0.4 is 15.5 Å². The Hall–Kier alpha value is -3.00. The molecule has 28 heavy (non-hydrogen) atoms. The average Bonchev–Trinajstić information content (AvgIpc) is 3.06. The van der Waals surface area contributed by atoms with E-state index in [9.17, 15) is 22.8 Å². The smallest absolute Gasteiger partial charge is 0.336 e. The number of nitrogens with zero attached hydrogens (tertiary/aromatic N) is 1. The number of carbonyl (C=O) groups is 2. The number of urea groups is 1. The van der Waals surface area contributed by atoms with Crippen molar-refractivity contribution >= 4 is 41.0 Å². The second-order valence-electron chi connectivity index (χ2n) is 5.99. The number of anilines is 2. The lowest BCUT2D eigenvalue weighted by Gasteiger charge is -2.15. The van der Waals surface area contributed by atoms with Gasteiger partial charge in [-0.25, -0.2) is 4.79 Å². The van der Waals surface area contributed by atoms with Crippen molar-refractivity contribution in [2.24, 2.45) is 0 Å². The molecule has 1 heterocycles. The van der Waals surface area contributed by atoms with E-state index in [-0.39, 0.29) is 16.6 Å². The molecule has 9 heteroatoms. The van der Waals surface area contributed by atoms with Crippen molar-refractivity contribution < 1.29 is 22.8 Å². The summed E-state index contributed by atoms with van der Waals surface area (Å²) in [6.07, 6.45) is -2.20. The summed E-state index contributed by atoms with van der Waals surface area (Å²) in [6, 6.07) is 9.35. The van der Waals surface area contributed by atoms with Crippen molar-refractivity contribution in [3.8, 4) is 0 Å². The fraction of sp³-hybridized carbons (Fsp3) is 0.158. The Bertz CT molecular complexity index is 944. The maximum atomic E-state index is 12.8. The summed E-state index contributed by atoms with van der Waals surface area (Å²) in [4.78, 5) is 25.4. The van der Waals surface area contributed by atoms with Crippen LogP contribution in [0.15, 0.2) is 48.5 Å². The minimum absolute atomic E-state index is 0.0779. The van der Waals surface area contributed by atoms with E-state index >= 15 is 0 Å². The highest BCUT2D eigenvalue weighted by Gasteiger charge is 2.30. The molecule has 1 saturated heterocycles.